The van der Waals surface area contributed by atoms with E-state index in [2.05, 4.69) is 36.2 Å². The summed E-state index contributed by atoms with van der Waals surface area (Å²) in [7, 11) is 1.82. The highest BCUT2D eigenvalue weighted by Gasteiger charge is 2.26. The predicted molar refractivity (Wildman–Crippen MR) is 121 cm³/mol. The average Bonchev–Trinajstić information content (AvgIpc) is 3.33. The van der Waals surface area contributed by atoms with E-state index in [9.17, 15) is 0 Å². The number of aromatic amines is 1. The Bertz CT molecular complexity index is 913. The fraction of sp³-hybridized carbons (Fsp3) is 0.350. The molecule has 0 aromatic carbocycles. The van der Waals surface area contributed by atoms with Crippen molar-refractivity contribution in [2.24, 2.45) is 4.99 Å². The molecular weight excluding hydrogens is 467 g/mol. The molecule has 4 rings (SSSR count). The lowest BCUT2D eigenvalue weighted by molar-refractivity contribution is 0.205. The lowest BCUT2D eigenvalue weighted by Gasteiger charge is -2.21. The molecule has 1 aliphatic rings. The standard InChI is InChI=1S/C20H24N6O.HI/c1-21-20(24-11-7-15-13-25-19-17(15)5-4-10-23-19)26-12-8-16(14-26)27-18-6-2-3-9-22-18;/h2-6,9-10,13,16H,7-8,11-12,14H2,1H3,(H,21,24)(H,23,25);1H. The number of guanidine groups is 1. The van der Waals surface area contributed by atoms with Gasteiger partial charge in [0, 0.05) is 56.6 Å². The molecule has 1 unspecified atom stereocenters. The molecule has 3 aromatic rings. The Kier molecular flexibility index (Phi) is 7.07. The van der Waals surface area contributed by atoms with Crippen LogP contribution in [0.2, 0.25) is 0 Å². The maximum absolute atomic E-state index is 5.97. The molecule has 3 aromatic heterocycles. The number of nitrogens with zero attached hydrogens (tertiary/aromatic N) is 4. The monoisotopic (exact) mass is 492 g/mol. The van der Waals surface area contributed by atoms with Gasteiger partial charge in [0.05, 0.1) is 6.54 Å². The molecule has 0 saturated carbocycles. The number of fused-ring (bicyclic) bond motifs is 1. The van der Waals surface area contributed by atoms with E-state index in [-0.39, 0.29) is 30.1 Å². The Morgan fingerprint density at radius 2 is 2.18 bits per heavy atom. The molecule has 148 valence electrons. The summed E-state index contributed by atoms with van der Waals surface area (Å²) in [6, 6.07) is 9.80. The van der Waals surface area contributed by atoms with Crippen molar-refractivity contribution in [1.82, 2.24) is 25.2 Å². The number of halogens is 1. The summed E-state index contributed by atoms with van der Waals surface area (Å²) in [6.07, 6.45) is 7.60. The summed E-state index contributed by atoms with van der Waals surface area (Å²) in [6.45, 7) is 2.55. The number of hydrogen-bond donors (Lipinski definition) is 2. The summed E-state index contributed by atoms with van der Waals surface area (Å²) in [5.74, 6) is 1.60. The maximum atomic E-state index is 5.97. The van der Waals surface area contributed by atoms with Gasteiger partial charge in [-0.25, -0.2) is 9.97 Å². The van der Waals surface area contributed by atoms with Crippen LogP contribution in [0.15, 0.2) is 53.9 Å². The van der Waals surface area contributed by atoms with Gasteiger partial charge < -0.3 is 19.9 Å². The molecular formula is C20H25IN6O. The second-order valence-corrected chi connectivity index (χ2v) is 6.58. The first kappa shape index (κ1) is 20.4. The van der Waals surface area contributed by atoms with Crippen molar-refractivity contribution in [3.05, 3.63) is 54.5 Å². The third kappa shape index (κ3) is 4.73. The number of hydrogen-bond acceptors (Lipinski definition) is 4. The number of rotatable bonds is 5. The molecule has 7 nitrogen and oxygen atoms in total. The minimum atomic E-state index is 0. The zero-order valence-electron chi connectivity index (χ0n) is 15.8. The van der Waals surface area contributed by atoms with Gasteiger partial charge >= 0.3 is 0 Å². The minimum absolute atomic E-state index is 0. The van der Waals surface area contributed by atoms with Crippen molar-refractivity contribution in [1.29, 1.82) is 0 Å². The van der Waals surface area contributed by atoms with Crippen molar-refractivity contribution in [3.8, 4) is 5.88 Å². The molecule has 1 atom stereocenters. The maximum Gasteiger partial charge on any atom is 0.213 e. The van der Waals surface area contributed by atoms with Gasteiger partial charge in [-0.1, -0.05) is 6.07 Å². The zero-order chi connectivity index (χ0) is 18.5. The van der Waals surface area contributed by atoms with Crippen LogP contribution < -0.4 is 10.1 Å². The Morgan fingerprint density at radius 3 is 3.00 bits per heavy atom. The first-order valence-corrected chi connectivity index (χ1v) is 9.28. The third-order valence-electron chi connectivity index (χ3n) is 4.80. The van der Waals surface area contributed by atoms with E-state index in [1.54, 1.807) is 12.4 Å². The lowest BCUT2D eigenvalue weighted by Crippen LogP contribution is -2.41. The van der Waals surface area contributed by atoms with Gasteiger partial charge in [0.2, 0.25) is 5.88 Å². The summed E-state index contributed by atoms with van der Waals surface area (Å²) >= 11 is 0. The van der Waals surface area contributed by atoms with E-state index >= 15 is 0 Å². The number of H-pyrrole nitrogens is 1. The van der Waals surface area contributed by atoms with Gasteiger partial charge in [-0.05, 0) is 30.2 Å². The number of aliphatic imine (C=N–C) groups is 1. The molecule has 8 heteroatoms. The fourth-order valence-corrected chi connectivity index (χ4v) is 3.47. The number of likely N-dealkylation sites (tertiary alicyclic amines) is 1. The van der Waals surface area contributed by atoms with Gasteiger partial charge in [0.1, 0.15) is 11.8 Å². The highest BCUT2D eigenvalue weighted by molar-refractivity contribution is 14.0. The van der Waals surface area contributed by atoms with Crippen LogP contribution in [0.25, 0.3) is 11.0 Å². The number of aromatic nitrogens is 3. The van der Waals surface area contributed by atoms with E-state index in [4.69, 9.17) is 4.74 Å². The predicted octanol–water partition coefficient (Wildman–Crippen LogP) is 2.85. The van der Waals surface area contributed by atoms with E-state index in [0.29, 0.717) is 5.88 Å². The summed E-state index contributed by atoms with van der Waals surface area (Å²) in [5, 5.41) is 4.65. The molecule has 0 aliphatic carbocycles. The quantitative estimate of drug-likeness (QED) is 0.326. The van der Waals surface area contributed by atoms with Crippen molar-refractivity contribution in [2.45, 2.75) is 18.9 Å². The normalized spacial score (nSPS) is 16.8. The van der Waals surface area contributed by atoms with Crippen molar-refractivity contribution in [2.75, 3.05) is 26.7 Å². The lowest BCUT2D eigenvalue weighted by atomic mass is 10.1. The summed E-state index contributed by atoms with van der Waals surface area (Å²) in [5.41, 5.74) is 2.20. The van der Waals surface area contributed by atoms with Gasteiger partial charge in [-0.3, -0.25) is 4.99 Å². The molecule has 4 heterocycles. The van der Waals surface area contributed by atoms with Crippen LogP contribution in [0.5, 0.6) is 5.88 Å². The van der Waals surface area contributed by atoms with Gasteiger partial charge in [0.25, 0.3) is 0 Å². The highest BCUT2D eigenvalue weighted by Crippen LogP contribution is 2.17. The number of pyridine rings is 2. The molecule has 0 spiro atoms. The van der Waals surface area contributed by atoms with Crippen LogP contribution in [-0.4, -0.2) is 58.6 Å². The van der Waals surface area contributed by atoms with Crippen LogP contribution in [0.1, 0.15) is 12.0 Å². The van der Waals surface area contributed by atoms with E-state index < -0.39 is 0 Å². The first-order chi connectivity index (χ1) is 13.3. The van der Waals surface area contributed by atoms with Gasteiger partial charge in [-0.2, -0.15) is 0 Å². The molecule has 0 bridgehead atoms. The number of nitrogens with one attached hydrogen (secondary N) is 2. The van der Waals surface area contributed by atoms with Crippen molar-refractivity contribution in [3.63, 3.8) is 0 Å². The Balaban J connectivity index is 0.00000225. The number of ether oxygens (including phenoxy) is 1. The first-order valence-electron chi connectivity index (χ1n) is 9.28. The van der Waals surface area contributed by atoms with E-state index in [1.807, 2.05) is 37.5 Å². The molecule has 1 saturated heterocycles. The average molecular weight is 492 g/mol. The Labute approximate surface area is 181 Å². The van der Waals surface area contributed by atoms with E-state index in [0.717, 1.165) is 44.1 Å². The molecule has 28 heavy (non-hydrogen) atoms. The largest absolute Gasteiger partial charge is 0.472 e. The van der Waals surface area contributed by atoms with Crippen LogP contribution >= 0.6 is 24.0 Å². The third-order valence-corrected chi connectivity index (χ3v) is 4.80. The van der Waals surface area contributed by atoms with Crippen LogP contribution in [0.3, 0.4) is 0 Å². The second kappa shape index (κ2) is 9.72. The SMILES string of the molecule is CN=C(NCCc1c[nH]c2ncccc12)N1CCC(Oc2ccccn2)C1.I. The fourth-order valence-electron chi connectivity index (χ4n) is 3.47. The molecule has 1 fully saturated rings. The molecule has 2 N–H and O–H groups in total. The molecule has 0 amide bonds. The topological polar surface area (TPSA) is 78.4 Å². The Hall–Kier alpha value is -2.36. The smallest absolute Gasteiger partial charge is 0.213 e. The highest BCUT2D eigenvalue weighted by atomic mass is 127. The minimum Gasteiger partial charge on any atom is -0.472 e. The second-order valence-electron chi connectivity index (χ2n) is 6.58. The van der Waals surface area contributed by atoms with Crippen LogP contribution in [0, 0.1) is 0 Å². The van der Waals surface area contributed by atoms with Crippen molar-refractivity contribution < 1.29 is 4.74 Å². The Morgan fingerprint density at radius 1 is 1.29 bits per heavy atom. The van der Waals surface area contributed by atoms with Gasteiger partial charge in [-0.15, -0.1) is 24.0 Å². The summed E-state index contributed by atoms with van der Waals surface area (Å²) in [4.78, 5) is 18.5. The van der Waals surface area contributed by atoms with Gasteiger partial charge in [0.15, 0.2) is 5.96 Å². The zero-order valence-corrected chi connectivity index (χ0v) is 18.2. The summed E-state index contributed by atoms with van der Waals surface area (Å²) < 4.78 is 5.97. The van der Waals surface area contributed by atoms with E-state index in [1.165, 1.54) is 10.9 Å². The van der Waals surface area contributed by atoms with Crippen LogP contribution in [0.4, 0.5) is 0 Å². The van der Waals surface area contributed by atoms with Crippen molar-refractivity contribution >= 4 is 41.0 Å². The van der Waals surface area contributed by atoms with Crippen LogP contribution in [-0.2, 0) is 6.42 Å². The molecule has 0 radical (unpaired) electrons. The molecule has 1 aliphatic heterocycles.